The van der Waals surface area contributed by atoms with Crippen LogP contribution in [-0.2, 0) is 13.0 Å². The highest BCUT2D eigenvalue weighted by Gasteiger charge is 2.27. The predicted octanol–water partition coefficient (Wildman–Crippen LogP) is 0.866. The number of nitrogens with zero attached hydrogens (tertiary/aromatic N) is 1. The number of pyridine rings is 1. The van der Waals surface area contributed by atoms with Crippen molar-refractivity contribution >= 4 is 11.9 Å². The van der Waals surface area contributed by atoms with Gasteiger partial charge >= 0.3 is 0 Å². The zero-order valence-electron chi connectivity index (χ0n) is 16.4. The number of ether oxygens (including phenoxy) is 2. The summed E-state index contributed by atoms with van der Waals surface area (Å²) in [4.78, 5) is 12.8. The Labute approximate surface area is 181 Å². The van der Waals surface area contributed by atoms with Gasteiger partial charge in [0.1, 0.15) is 0 Å². The van der Waals surface area contributed by atoms with Crippen LogP contribution >= 0.6 is 0 Å². The second-order valence-electron chi connectivity index (χ2n) is 6.83. The monoisotopic (exact) mass is 451 g/mol. The van der Waals surface area contributed by atoms with Gasteiger partial charge in [-0.3, -0.25) is 4.79 Å². The Hall–Kier alpha value is -2.92. The molecule has 0 unspecified atom stereocenters. The van der Waals surface area contributed by atoms with Crippen LogP contribution in [0.15, 0.2) is 72.6 Å². The molecule has 0 radical (unpaired) electrons. The number of benzene rings is 2. The lowest BCUT2D eigenvalue weighted by Crippen LogP contribution is -3.00. The molecular formula is C24H22BrNO3. The fraction of sp³-hybridized carbons (Fsp3) is 0.167. The Balaban J connectivity index is 0.00000240. The molecule has 0 atom stereocenters. The molecule has 1 aliphatic rings. The summed E-state index contributed by atoms with van der Waals surface area (Å²) in [5.74, 6) is 1.28. The number of carbonyl (C=O) groups excluding carboxylic acids is 1. The van der Waals surface area contributed by atoms with Crippen molar-refractivity contribution in [2.75, 3.05) is 14.2 Å². The van der Waals surface area contributed by atoms with Crippen LogP contribution in [0.1, 0.15) is 27.0 Å². The molecule has 0 saturated heterocycles. The van der Waals surface area contributed by atoms with Crippen molar-refractivity contribution < 1.29 is 35.8 Å². The number of carbonyl (C=O) groups is 1. The number of hydrogen-bond donors (Lipinski definition) is 0. The lowest BCUT2D eigenvalue weighted by molar-refractivity contribution is -0.688. The minimum Gasteiger partial charge on any atom is -1.00 e. The lowest BCUT2D eigenvalue weighted by atomic mass is 10.1. The van der Waals surface area contributed by atoms with Crippen LogP contribution in [0.4, 0.5) is 0 Å². The van der Waals surface area contributed by atoms with E-state index in [9.17, 15) is 4.79 Å². The molecule has 1 aromatic heterocycles. The van der Waals surface area contributed by atoms with Crippen molar-refractivity contribution in [2.24, 2.45) is 0 Å². The summed E-state index contributed by atoms with van der Waals surface area (Å²) >= 11 is 0. The van der Waals surface area contributed by atoms with Gasteiger partial charge in [-0.25, -0.2) is 4.57 Å². The number of halogens is 1. The second-order valence-corrected chi connectivity index (χ2v) is 6.83. The highest BCUT2D eigenvalue weighted by molar-refractivity contribution is 6.15. The molecule has 5 heteroatoms. The van der Waals surface area contributed by atoms with Gasteiger partial charge in [0.25, 0.3) is 0 Å². The Morgan fingerprint density at radius 3 is 2.28 bits per heavy atom. The molecule has 2 aromatic carbocycles. The number of hydrogen-bond acceptors (Lipinski definition) is 3. The second kappa shape index (κ2) is 9.05. The first-order valence-corrected chi connectivity index (χ1v) is 9.21. The van der Waals surface area contributed by atoms with Crippen LogP contribution in [0, 0.1) is 0 Å². The van der Waals surface area contributed by atoms with Crippen molar-refractivity contribution in [1.29, 1.82) is 0 Å². The third kappa shape index (κ3) is 4.40. The third-order valence-electron chi connectivity index (χ3n) is 4.99. The van der Waals surface area contributed by atoms with Gasteiger partial charge in [0.15, 0.2) is 36.2 Å². The minimum atomic E-state index is 0. The van der Waals surface area contributed by atoms with E-state index in [0.29, 0.717) is 23.5 Å². The SMILES string of the molecule is COc1cc2c(cc1OC)C(=O)/C(=C\c1cc[n+](Cc3ccccc3)cc1)C2.[Br-]. The molecule has 29 heavy (non-hydrogen) atoms. The first kappa shape index (κ1) is 20.8. The van der Waals surface area contributed by atoms with Crippen molar-refractivity contribution in [3.63, 3.8) is 0 Å². The van der Waals surface area contributed by atoms with E-state index < -0.39 is 0 Å². The number of aromatic nitrogens is 1. The van der Waals surface area contributed by atoms with Crippen LogP contribution in [-0.4, -0.2) is 20.0 Å². The molecule has 0 spiro atoms. The van der Waals surface area contributed by atoms with E-state index in [4.69, 9.17) is 9.47 Å². The average Bonchev–Trinajstić information content (AvgIpc) is 3.03. The van der Waals surface area contributed by atoms with Gasteiger partial charge in [0.2, 0.25) is 0 Å². The highest BCUT2D eigenvalue weighted by Crippen LogP contribution is 2.36. The quantitative estimate of drug-likeness (QED) is 0.426. The summed E-state index contributed by atoms with van der Waals surface area (Å²) in [5.41, 5.74) is 4.72. The highest BCUT2D eigenvalue weighted by atomic mass is 79.9. The normalized spacial score (nSPS) is 13.7. The topological polar surface area (TPSA) is 39.4 Å². The number of allylic oxidation sites excluding steroid dienone is 1. The van der Waals surface area contributed by atoms with Crippen molar-refractivity contribution in [3.8, 4) is 11.5 Å². The van der Waals surface area contributed by atoms with Gasteiger partial charge in [0, 0.05) is 35.3 Å². The van der Waals surface area contributed by atoms with Gasteiger partial charge < -0.3 is 26.5 Å². The summed E-state index contributed by atoms with van der Waals surface area (Å²) in [5, 5.41) is 0. The minimum absolute atomic E-state index is 0. The third-order valence-corrected chi connectivity index (χ3v) is 4.99. The molecule has 3 aromatic rings. The van der Waals surface area contributed by atoms with Crippen LogP contribution in [0.2, 0.25) is 0 Å². The summed E-state index contributed by atoms with van der Waals surface area (Å²) in [6, 6.07) is 18.1. The van der Waals surface area contributed by atoms with Gasteiger partial charge in [-0.1, -0.05) is 30.3 Å². The summed E-state index contributed by atoms with van der Waals surface area (Å²) in [7, 11) is 3.18. The Kier molecular flexibility index (Phi) is 6.49. The molecule has 0 saturated carbocycles. The van der Waals surface area contributed by atoms with E-state index in [1.54, 1.807) is 20.3 Å². The fourth-order valence-corrected chi connectivity index (χ4v) is 3.52. The first-order valence-electron chi connectivity index (χ1n) is 9.21. The van der Waals surface area contributed by atoms with E-state index in [-0.39, 0.29) is 22.8 Å². The standard InChI is InChI=1S/C24H22NO3.BrH/c1-27-22-14-19-13-20(24(26)21(19)15-23(22)28-2)12-17-8-10-25(11-9-17)16-18-6-4-3-5-7-18;/h3-12,14-15H,13,16H2,1-2H3;1H/q+1;/p-1/b20-12-;. The summed E-state index contributed by atoms with van der Waals surface area (Å²) < 4.78 is 12.8. The molecule has 0 fully saturated rings. The molecule has 0 aliphatic heterocycles. The Bertz CT molecular complexity index is 1040. The van der Waals surface area contributed by atoms with E-state index in [2.05, 4.69) is 16.7 Å². The summed E-state index contributed by atoms with van der Waals surface area (Å²) in [6.07, 6.45) is 6.65. The van der Waals surface area contributed by atoms with Crippen molar-refractivity contribution in [1.82, 2.24) is 0 Å². The number of methoxy groups -OCH3 is 2. The molecule has 4 rings (SSSR count). The molecule has 148 valence electrons. The van der Waals surface area contributed by atoms with Gasteiger partial charge in [-0.2, -0.15) is 0 Å². The molecular weight excluding hydrogens is 430 g/mol. The number of ketones is 1. The Morgan fingerprint density at radius 2 is 1.62 bits per heavy atom. The number of fused-ring (bicyclic) bond motifs is 1. The number of Topliss-reactive ketones (excluding diaryl/α,β-unsaturated/α-hetero) is 1. The molecule has 0 N–H and O–H groups in total. The van der Waals surface area contributed by atoms with Crippen LogP contribution in [0.5, 0.6) is 11.5 Å². The fourth-order valence-electron chi connectivity index (χ4n) is 3.52. The van der Waals surface area contributed by atoms with Crippen LogP contribution < -0.4 is 31.0 Å². The van der Waals surface area contributed by atoms with Crippen molar-refractivity contribution in [2.45, 2.75) is 13.0 Å². The molecule has 0 bridgehead atoms. The van der Waals surface area contributed by atoms with E-state index in [1.807, 2.05) is 54.9 Å². The van der Waals surface area contributed by atoms with Gasteiger partial charge in [-0.15, -0.1) is 0 Å². The zero-order valence-corrected chi connectivity index (χ0v) is 18.0. The van der Waals surface area contributed by atoms with Crippen molar-refractivity contribution in [3.05, 3.63) is 94.8 Å². The largest absolute Gasteiger partial charge is 1.00 e. The van der Waals surface area contributed by atoms with E-state index in [1.165, 1.54) is 5.56 Å². The molecule has 1 heterocycles. The lowest BCUT2D eigenvalue weighted by Gasteiger charge is -2.08. The van der Waals surface area contributed by atoms with Crippen LogP contribution in [0.25, 0.3) is 6.08 Å². The molecule has 4 nitrogen and oxygen atoms in total. The average molecular weight is 452 g/mol. The maximum atomic E-state index is 12.8. The number of rotatable bonds is 5. The van der Waals surface area contributed by atoms with Crippen LogP contribution in [0.3, 0.4) is 0 Å². The van der Waals surface area contributed by atoms with Gasteiger partial charge in [-0.05, 0) is 29.3 Å². The maximum Gasteiger partial charge on any atom is 0.189 e. The smallest absolute Gasteiger partial charge is 0.189 e. The Morgan fingerprint density at radius 1 is 0.966 bits per heavy atom. The summed E-state index contributed by atoms with van der Waals surface area (Å²) in [6.45, 7) is 0.821. The molecule has 1 aliphatic carbocycles. The molecule has 0 amide bonds. The maximum absolute atomic E-state index is 12.8. The van der Waals surface area contributed by atoms with Gasteiger partial charge in [0.05, 0.1) is 14.2 Å². The van der Waals surface area contributed by atoms with E-state index in [0.717, 1.165) is 23.2 Å². The zero-order chi connectivity index (χ0) is 19.5. The van der Waals surface area contributed by atoms with E-state index >= 15 is 0 Å². The predicted molar refractivity (Wildman–Crippen MR) is 108 cm³/mol. The first-order chi connectivity index (χ1) is 13.7.